The van der Waals surface area contributed by atoms with Crippen molar-refractivity contribution in [3.05, 3.63) is 40.9 Å². The van der Waals surface area contributed by atoms with Crippen LogP contribution in [-0.4, -0.2) is 19.4 Å². The number of imidazole rings is 1. The van der Waals surface area contributed by atoms with Gasteiger partial charge in [0.15, 0.2) is 0 Å². The van der Waals surface area contributed by atoms with E-state index in [0.717, 1.165) is 15.8 Å². The number of nitrogens with two attached hydrogens (primary N) is 1. The maximum absolute atomic E-state index is 6.11. The van der Waals surface area contributed by atoms with Crippen LogP contribution >= 0.6 is 15.9 Å². The van der Waals surface area contributed by atoms with Crippen molar-refractivity contribution in [2.24, 2.45) is 0 Å². The number of rotatable bonds is 1. The van der Waals surface area contributed by atoms with Gasteiger partial charge >= 0.3 is 0 Å². The third kappa shape index (κ3) is 1.74. The Bertz CT molecular complexity index is 734. The number of nitrogen functional groups attached to an aromatic ring is 1. The van der Waals surface area contributed by atoms with Gasteiger partial charge in [0, 0.05) is 16.9 Å². The monoisotopic (exact) mass is 303 g/mol. The number of fused-ring (bicyclic) bond motifs is 1. The Hall–Kier alpha value is -1.95. The third-order valence-electron chi connectivity index (χ3n) is 2.64. The van der Waals surface area contributed by atoms with Crippen LogP contribution in [0.2, 0.25) is 0 Å². The normalized spacial score (nSPS) is 11.0. The van der Waals surface area contributed by atoms with E-state index in [1.165, 1.54) is 0 Å². The van der Waals surface area contributed by atoms with Crippen LogP contribution in [0.25, 0.3) is 17.0 Å². The molecule has 2 N–H and O–H groups in total. The van der Waals surface area contributed by atoms with Crippen molar-refractivity contribution in [1.29, 1.82) is 0 Å². The smallest absolute Gasteiger partial charge is 0.139 e. The van der Waals surface area contributed by atoms with E-state index in [1.807, 2.05) is 29.7 Å². The highest BCUT2D eigenvalue weighted by Crippen LogP contribution is 2.25. The first-order chi connectivity index (χ1) is 8.65. The molecular formula is C12H10BrN5. The average molecular weight is 304 g/mol. The molecule has 0 spiro atoms. The van der Waals surface area contributed by atoms with E-state index in [-0.39, 0.29) is 0 Å². The Kier molecular flexibility index (Phi) is 2.52. The lowest BCUT2D eigenvalue weighted by Crippen LogP contribution is -1.96. The summed E-state index contributed by atoms with van der Waals surface area (Å²) >= 11 is 3.41. The Labute approximate surface area is 112 Å². The predicted molar refractivity (Wildman–Crippen MR) is 73.1 cm³/mol. The highest BCUT2D eigenvalue weighted by atomic mass is 79.9. The van der Waals surface area contributed by atoms with E-state index < -0.39 is 0 Å². The minimum absolute atomic E-state index is 0.574. The first-order valence-corrected chi connectivity index (χ1v) is 6.17. The second-order valence-corrected chi connectivity index (χ2v) is 4.83. The Morgan fingerprint density at radius 3 is 2.83 bits per heavy atom. The summed E-state index contributed by atoms with van der Waals surface area (Å²) in [5.41, 5.74) is 8.32. The molecule has 3 heterocycles. The maximum Gasteiger partial charge on any atom is 0.139 e. The summed E-state index contributed by atoms with van der Waals surface area (Å²) in [5.74, 6) is 1.27. The summed E-state index contributed by atoms with van der Waals surface area (Å²) < 4.78 is 2.78. The van der Waals surface area contributed by atoms with Gasteiger partial charge in [-0.1, -0.05) is 0 Å². The zero-order chi connectivity index (χ0) is 12.7. The molecule has 0 aliphatic carbocycles. The molecule has 3 aromatic rings. The van der Waals surface area contributed by atoms with Crippen molar-refractivity contribution in [3.63, 3.8) is 0 Å². The molecule has 90 valence electrons. The molecular weight excluding hydrogens is 294 g/mol. The van der Waals surface area contributed by atoms with Gasteiger partial charge in [0.05, 0.1) is 5.69 Å². The molecule has 0 saturated heterocycles. The molecule has 3 rings (SSSR count). The number of anilines is 1. The second kappa shape index (κ2) is 4.06. The van der Waals surface area contributed by atoms with Gasteiger partial charge < -0.3 is 5.73 Å². The van der Waals surface area contributed by atoms with E-state index in [1.54, 1.807) is 12.3 Å². The molecule has 6 heteroatoms. The standard InChI is InChI=1S/C12H10BrN5/c1-7-15-5-4-9(16-7)11-12(14)18-6-8(13)2-3-10(18)17-11/h2-6H,14H2,1H3. The summed E-state index contributed by atoms with van der Waals surface area (Å²) in [6.07, 6.45) is 3.59. The van der Waals surface area contributed by atoms with E-state index in [0.29, 0.717) is 17.3 Å². The van der Waals surface area contributed by atoms with Crippen molar-refractivity contribution >= 4 is 27.4 Å². The molecule has 0 aliphatic heterocycles. The third-order valence-corrected chi connectivity index (χ3v) is 3.11. The zero-order valence-corrected chi connectivity index (χ0v) is 11.2. The van der Waals surface area contributed by atoms with Crippen molar-refractivity contribution in [2.45, 2.75) is 6.92 Å². The average Bonchev–Trinajstić information content (AvgIpc) is 2.67. The second-order valence-electron chi connectivity index (χ2n) is 3.91. The molecule has 0 amide bonds. The number of aromatic nitrogens is 4. The summed E-state index contributed by atoms with van der Waals surface area (Å²) in [5, 5.41) is 0. The summed E-state index contributed by atoms with van der Waals surface area (Å²) in [6, 6.07) is 5.63. The van der Waals surface area contributed by atoms with Crippen molar-refractivity contribution in [1.82, 2.24) is 19.4 Å². The van der Waals surface area contributed by atoms with E-state index in [4.69, 9.17) is 5.73 Å². The maximum atomic E-state index is 6.11. The van der Waals surface area contributed by atoms with Crippen molar-refractivity contribution < 1.29 is 0 Å². The number of hydrogen-bond donors (Lipinski definition) is 1. The highest BCUT2D eigenvalue weighted by Gasteiger charge is 2.12. The van der Waals surface area contributed by atoms with Crippen LogP contribution < -0.4 is 5.73 Å². The predicted octanol–water partition coefficient (Wildman–Crippen LogP) is 2.44. The van der Waals surface area contributed by atoms with Gasteiger partial charge in [-0.25, -0.2) is 15.0 Å². The number of hydrogen-bond acceptors (Lipinski definition) is 4. The van der Waals surface area contributed by atoms with E-state index >= 15 is 0 Å². The lowest BCUT2D eigenvalue weighted by Gasteiger charge is -1.99. The number of pyridine rings is 1. The Morgan fingerprint density at radius 2 is 2.06 bits per heavy atom. The molecule has 0 aliphatic rings. The number of aryl methyl sites for hydroxylation is 1. The fourth-order valence-corrected chi connectivity index (χ4v) is 2.15. The van der Waals surface area contributed by atoms with Crippen LogP contribution in [0.3, 0.4) is 0 Å². The van der Waals surface area contributed by atoms with Gasteiger partial charge in [-0.15, -0.1) is 0 Å². The van der Waals surface area contributed by atoms with Crippen LogP contribution in [0.5, 0.6) is 0 Å². The molecule has 0 atom stereocenters. The van der Waals surface area contributed by atoms with Gasteiger partial charge in [0.1, 0.15) is 23.0 Å². The van der Waals surface area contributed by atoms with Crippen LogP contribution in [0.15, 0.2) is 35.1 Å². The Balaban J connectivity index is 2.27. The molecule has 0 aromatic carbocycles. The minimum Gasteiger partial charge on any atom is -0.383 e. The summed E-state index contributed by atoms with van der Waals surface area (Å²) in [4.78, 5) is 12.9. The van der Waals surface area contributed by atoms with Gasteiger partial charge in [-0.3, -0.25) is 4.40 Å². The minimum atomic E-state index is 0.574. The summed E-state index contributed by atoms with van der Waals surface area (Å²) in [6.45, 7) is 1.84. The first-order valence-electron chi connectivity index (χ1n) is 5.38. The van der Waals surface area contributed by atoms with Crippen LogP contribution in [0.1, 0.15) is 5.82 Å². The number of halogens is 1. The Morgan fingerprint density at radius 1 is 1.22 bits per heavy atom. The number of nitrogens with zero attached hydrogens (tertiary/aromatic N) is 4. The largest absolute Gasteiger partial charge is 0.383 e. The van der Waals surface area contributed by atoms with Crippen molar-refractivity contribution in [3.8, 4) is 11.4 Å². The van der Waals surface area contributed by atoms with Gasteiger partial charge in [-0.2, -0.15) is 0 Å². The van der Waals surface area contributed by atoms with Crippen molar-refractivity contribution in [2.75, 3.05) is 5.73 Å². The van der Waals surface area contributed by atoms with Crippen LogP contribution in [-0.2, 0) is 0 Å². The molecule has 3 aromatic heterocycles. The highest BCUT2D eigenvalue weighted by molar-refractivity contribution is 9.10. The van der Waals surface area contributed by atoms with Gasteiger partial charge in [0.2, 0.25) is 0 Å². The van der Waals surface area contributed by atoms with Crippen LogP contribution in [0, 0.1) is 6.92 Å². The zero-order valence-electron chi connectivity index (χ0n) is 9.63. The van der Waals surface area contributed by atoms with E-state index in [2.05, 4.69) is 30.9 Å². The molecule has 5 nitrogen and oxygen atoms in total. The lowest BCUT2D eigenvalue weighted by molar-refractivity contribution is 1.05. The fourth-order valence-electron chi connectivity index (χ4n) is 1.81. The fraction of sp³-hybridized carbons (Fsp3) is 0.0833. The van der Waals surface area contributed by atoms with E-state index in [9.17, 15) is 0 Å². The quantitative estimate of drug-likeness (QED) is 0.749. The molecule has 0 bridgehead atoms. The topological polar surface area (TPSA) is 69.1 Å². The van der Waals surface area contributed by atoms with Gasteiger partial charge in [-0.05, 0) is 41.1 Å². The van der Waals surface area contributed by atoms with Gasteiger partial charge in [0.25, 0.3) is 0 Å². The molecule has 0 unspecified atom stereocenters. The molecule has 0 saturated carbocycles. The molecule has 18 heavy (non-hydrogen) atoms. The van der Waals surface area contributed by atoms with Crippen LogP contribution in [0.4, 0.5) is 5.82 Å². The lowest BCUT2D eigenvalue weighted by atomic mass is 10.3. The SMILES string of the molecule is Cc1nccc(-c2nc3ccc(Br)cn3c2N)n1. The molecule has 0 radical (unpaired) electrons. The first kappa shape index (κ1) is 11.2. The molecule has 0 fully saturated rings. The summed E-state index contributed by atoms with van der Waals surface area (Å²) in [7, 11) is 0.